The molecular weight excluding hydrogens is 469 g/mol. The number of amides is 3. The van der Waals surface area contributed by atoms with Gasteiger partial charge in [0.15, 0.2) is 5.76 Å². The average Bonchev–Trinajstić information content (AvgIpc) is 3.31. The molecule has 3 rings (SSSR count). The third-order valence-electron chi connectivity index (χ3n) is 5.04. The molecule has 1 aliphatic heterocycles. The zero-order valence-electron chi connectivity index (χ0n) is 19.6. The Bertz CT molecular complexity index is 1060. The highest BCUT2D eigenvalue weighted by Crippen LogP contribution is 2.36. The van der Waals surface area contributed by atoms with E-state index in [0.717, 1.165) is 12.1 Å². The van der Waals surface area contributed by atoms with Crippen molar-refractivity contribution in [2.45, 2.75) is 32.5 Å². The molecule has 0 unspecified atom stereocenters. The number of alkyl halides is 3. The fourth-order valence-electron chi connectivity index (χ4n) is 3.36. The molecule has 12 heteroatoms. The SMILES string of the molecule is CC(C)(C)OC(=O)N1CCN(C(=O)CNc2ccc(NC(=O)c3ccco3)cc2C(F)(F)F)CC1. The van der Waals surface area contributed by atoms with Crippen LogP contribution in [-0.4, -0.2) is 66.0 Å². The summed E-state index contributed by atoms with van der Waals surface area (Å²) in [5, 5.41) is 4.89. The molecule has 1 aromatic carbocycles. The Morgan fingerprint density at radius 1 is 1.03 bits per heavy atom. The van der Waals surface area contributed by atoms with Crippen LogP contribution in [0.25, 0.3) is 0 Å². The molecule has 1 aromatic heterocycles. The molecule has 2 aromatic rings. The second-order valence-corrected chi connectivity index (χ2v) is 8.89. The Kier molecular flexibility index (Phi) is 7.61. The van der Waals surface area contributed by atoms with Crippen LogP contribution in [0.4, 0.5) is 29.3 Å². The average molecular weight is 496 g/mol. The van der Waals surface area contributed by atoms with Gasteiger partial charge in [-0.15, -0.1) is 0 Å². The number of furan rings is 1. The largest absolute Gasteiger partial charge is 0.459 e. The van der Waals surface area contributed by atoms with Gasteiger partial charge in [-0.1, -0.05) is 0 Å². The molecule has 3 amide bonds. The molecule has 2 N–H and O–H groups in total. The number of nitrogens with zero attached hydrogens (tertiary/aromatic N) is 2. The summed E-state index contributed by atoms with van der Waals surface area (Å²) in [7, 11) is 0. The van der Waals surface area contributed by atoms with E-state index in [9.17, 15) is 27.6 Å². The highest BCUT2D eigenvalue weighted by atomic mass is 19.4. The minimum atomic E-state index is -4.73. The maximum atomic E-state index is 13.6. The van der Waals surface area contributed by atoms with E-state index in [-0.39, 0.29) is 49.9 Å². The van der Waals surface area contributed by atoms with Gasteiger partial charge in [0.1, 0.15) is 5.60 Å². The van der Waals surface area contributed by atoms with Crippen molar-refractivity contribution < 1.29 is 36.7 Å². The van der Waals surface area contributed by atoms with Crippen molar-refractivity contribution in [1.29, 1.82) is 0 Å². The van der Waals surface area contributed by atoms with Crippen molar-refractivity contribution in [1.82, 2.24) is 9.80 Å². The van der Waals surface area contributed by atoms with E-state index in [1.807, 2.05) is 0 Å². The summed E-state index contributed by atoms with van der Waals surface area (Å²) >= 11 is 0. The highest BCUT2D eigenvalue weighted by molar-refractivity contribution is 6.02. The van der Waals surface area contributed by atoms with Crippen LogP contribution in [0.3, 0.4) is 0 Å². The minimum absolute atomic E-state index is 0.0434. The molecule has 0 bridgehead atoms. The number of ether oxygens (including phenoxy) is 1. The predicted octanol–water partition coefficient (Wildman–Crippen LogP) is 4.04. The lowest BCUT2D eigenvalue weighted by atomic mass is 10.1. The van der Waals surface area contributed by atoms with Crippen molar-refractivity contribution in [3.05, 3.63) is 47.9 Å². The first kappa shape index (κ1) is 25.9. The first-order valence-electron chi connectivity index (χ1n) is 10.9. The lowest BCUT2D eigenvalue weighted by molar-refractivity contribution is -0.137. The number of hydrogen-bond donors (Lipinski definition) is 2. The highest BCUT2D eigenvalue weighted by Gasteiger charge is 2.34. The van der Waals surface area contributed by atoms with Gasteiger partial charge in [-0.25, -0.2) is 4.79 Å². The topological polar surface area (TPSA) is 104 Å². The standard InChI is InChI=1S/C23H27F3N4O5/c1-22(2,3)35-21(33)30-10-8-29(9-11-30)19(31)14-27-17-7-6-15(13-16(17)23(24,25)26)28-20(32)18-5-4-12-34-18/h4-7,12-13,27H,8-11,14H2,1-3H3,(H,28,32). The van der Waals surface area contributed by atoms with E-state index in [4.69, 9.17) is 9.15 Å². The number of piperazine rings is 1. The number of anilines is 2. The van der Waals surface area contributed by atoms with Crippen LogP contribution in [0.15, 0.2) is 41.0 Å². The number of benzene rings is 1. The number of carbonyl (C=O) groups is 3. The zero-order chi connectivity index (χ0) is 25.8. The van der Waals surface area contributed by atoms with E-state index in [2.05, 4.69) is 10.6 Å². The number of carbonyl (C=O) groups excluding carboxylic acids is 3. The van der Waals surface area contributed by atoms with Gasteiger partial charge >= 0.3 is 12.3 Å². The molecule has 35 heavy (non-hydrogen) atoms. The zero-order valence-corrected chi connectivity index (χ0v) is 19.6. The van der Waals surface area contributed by atoms with Crippen molar-refractivity contribution in [2.75, 3.05) is 43.4 Å². The normalized spacial score (nSPS) is 14.5. The summed E-state index contributed by atoms with van der Waals surface area (Å²) in [6.45, 7) is 5.90. The molecule has 0 saturated carbocycles. The van der Waals surface area contributed by atoms with Crippen molar-refractivity contribution >= 4 is 29.3 Å². The smallest absolute Gasteiger partial charge is 0.418 e. The monoisotopic (exact) mass is 496 g/mol. The molecule has 0 aliphatic carbocycles. The molecule has 2 heterocycles. The Labute approximate surface area is 200 Å². The quantitative estimate of drug-likeness (QED) is 0.648. The predicted molar refractivity (Wildman–Crippen MR) is 121 cm³/mol. The van der Waals surface area contributed by atoms with E-state index < -0.39 is 35.2 Å². The fourth-order valence-corrected chi connectivity index (χ4v) is 3.36. The molecule has 0 radical (unpaired) electrons. The third-order valence-corrected chi connectivity index (χ3v) is 5.04. The Morgan fingerprint density at radius 3 is 2.26 bits per heavy atom. The van der Waals surface area contributed by atoms with Crippen molar-refractivity contribution in [3.8, 4) is 0 Å². The lowest BCUT2D eigenvalue weighted by Crippen LogP contribution is -2.52. The van der Waals surface area contributed by atoms with Gasteiger partial charge < -0.3 is 29.6 Å². The van der Waals surface area contributed by atoms with E-state index in [1.165, 1.54) is 34.3 Å². The second kappa shape index (κ2) is 10.3. The Hall–Kier alpha value is -3.70. The van der Waals surface area contributed by atoms with Crippen molar-refractivity contribution in [3.63, 3.8) is 0 Å². The minimum Gasteiger partial charge on any atom is -0.459 e. The molecule has 1 fully saturated rings. The molecule has 0 spiro atoms. The number of nitrogens with one attached hydrogen (secondary N) is 2. The molecule has 1 aliphatic rings. The van der Waals surface area contributed by atoms with Gasteiger partial charge in [-0.3, -0.25) is 9.59 Å². The molecule has 9 nitrogen and oxygen atoms in total. The molecule has 0 atom stereocenters. The summed E-state index contributed by atoms with van der Waals surface area (Å²) in [5.41, 5.74) is -2.04. The van der Waals surface area contributed by atoms with Crippen molar-refractivity contribution in [2.24, 2.45) is 0 Å². The van der Waals surface area contributed by atoms with Gasteiger partial charge in [0, 0.05) is 37.6 Å². The number of hydrogen-bond acceptors (Lipinski definition) is 6. The molecule has 1 saturated heterocycles. The van der Waals surface area contributed by atoms with Crippen LogP contribution in [0.2, 0.25) is 0 Å². The van der Waals surface area contributed by atoms with Crippen LogP contribution < -0.4 is 10.6 Å². The summed E-state index contributed by atoms with van der Waals surface area (Å²) < 4.78 is 51.2. The second-order valence-electron chi connectivity index (χ2n) is 8.89. The molecular formula is C23H27F3N4O5. The van der Waals surface area contributed by atoms with Crippen LogP contribution >= 0.6 is 0 Å². The van der Waals surface area contributed by atoms with Gasteiger partial charge in [0.25, 0.3) is 5.91 Å². The maximum absolute atomic E-state index is 13.6. The van der Waals surface area contributed by atoms with Crippen LogP contribution in [0.5, 0.6) is 0 Å². The lowest BCUT2D eigenvalue weighted by Gasteiger charge is -2.35. The Morgan fingerprint density at radius 2 is 1.69 bits per heavy atom. The number of halogens is 3. The summed E-state index contributed by atoms with van der Waals surface area (Å²) in [6, 6.07) is 6.09. The Balaban J connectivity index is 1.59. The van der Waals surface area contributed by atoms with Crippen LogP contribution in [0, 0.1) is 0 Å². The summed E-state index contributed by atoms with van der Waals surface area (Å²) in [4.78, 5) is 39.7. The van der Waals surface area contributed by atoms with Crippen LogP contribution in [-0.2, 0) is 15.7 Å². The molecule has 190 valence electrons. The summed E-state index contributed by atoms with van der Waals surface area (Å²) in [6.07, 6.45) is -3.93. The van der Waals surface area contributed by atoms with Gasteiger partial charge in [0.2, 0.25) is 5.91 Å². The number of rotatable bonds is 5. The van der Waals surface area contributed by atoms with Crippen LogP contribution in [0.1, 0.15) is 36.9 Å². The maximum Gasteiger partial charge on any atom is 0.418 e. The summed E-state index contributed by atoms with van der Waals surface area (Å²) in [5.74, 6) is -1.14. The fraction of sp³-hybridized carbons (Fsp3) is 0.435. The van der Waals surface area contributed by atoms with E-state index in [1.54, 1.807) is 20.8 Å². The van der Waals surface area contributed by atoms with E-state index in [0.29, 0.717) is 0 Å². The van der Waals surface area contributed by atoms with Gasteiger partial charge in [0.05, 0.1) is 18.4 Å². The first-order chi connectivity index (χ1) is 16.3. The van der Waals surface area contributed by atoms with E-state index >= 15 is 0 Å². The van der Waals surface area contributed by atoms with Gasteiger partial charge in [-0.2, -0.15) is 13.2 Å². The van der Waals surface area contributed by atoms with Gasteiger partial charge in [-0.05, 0) is 51.1 Å². The third kappa shape index (κ3) is 7.14. The first-order valence-corrected chi connectivity index (χ1v) is 10.9.